The maximum atomic E-state index is 12.5. The Balaban J connectivity index is 1.72. The highest BCUT2D eigenvalue weighted by Crippen LogP contribution is 2.26. The lowest BCUT2D eigenvalue weighted by atomic mass is 9.94. The monoisotopic (exact) mass is 277 g/mol. The van der Waals surface area contributed by atoms with Gasteiger partial charge < -0.3 is 10.2 Å². The average molecular weight is 277 g/mol. The van der Waals surface area contributed by atoms with E-state index in [4.69, 9.17) is 0 Å². The lowest BCUT2D eigenvalue weighted by Gasteiger charge is -2.24. The molecule has 2 N–H and O–H groups in total. The van der Waals surface area contributed by atoms with Crippen LogP contribution in [0.1, 0.15) is 50.1 Å². The van der Waals surface area contributed by atoms with Gasteiger partial charge in [0.05, 0.1) is 0 Å². The van der Waals surface area contributed by atoms with Crippen molar-refractivity contribution in [1.29, 1.82) is 0 Å². The summed E-state index contributed by atoms with van der Waals surface area (Å²) < 4.78 is 0. The number of nitrogens with one attached hydrogen (secondary N) is 2. The van der Waals surface area contributed by atoms with E-state index in [1.165, 1.54) is 12.8 Å². The summed E-state index contributed by atoms with van der Waals surface area (Å²) in [5.41, 5.74) is -0.119. The van der Waals surface area contributed by atoms with Crippen molar-refractivity contribution in [1.82, 2.24) is 25.4 Å². The fourth-order valence-electron chi connectivity index (χ4n) is 3.05. The van der Waals surface area contributed by atoms with Crippen molar-refractivity contribution in [3.8, 4) is 0 Å². The van der Waals surface area contributed by atoms with Crippen LogP contribution in [0.2, 0.25) is 0 Å². The van der Waals surface area contributed by atoms with Gasteiger partial charge in [-0.15, -0.1) is 5.10 Å². The smallest absolute Gasteiger partial charge is 0.293 e. The lowest BCUT2D eigenvalue weighted by molar-refractivity contribution is 0.0774. The predicted octanol–water partition coefficient (Wildman–Crippen LogP) is 0.926. The minimum atomic E-state index is -0.119. The fourth-order valence-corrected chi connectivity index (χ4v) is 3.05. The molecule has 0 aromatic carbocycles. The van der Waals surface area contributed by atoms with Crippen molar-refractivity contribution in [3.63, 3.8) is 0 Å². The number of amides is 1. The first kappa shape index (κ1) is 13.5. The Labute approximate surface area is 119 Å². The molecule has 1 aromatic heterocycles. The van der Waals surface area contributed by atoms with E-state index >= 15 is 0 Å². The molecule has 3 rings (SSSR count). The molecule has 1 aromatic rings. The van der Waals surface area contributed by atoms with E-state index < -0.39 is 0 Å². The zero-order valence-corrected chi connectivity index (χ0v) is 12.4. The average Bonchev–Trinajstić information content (AvgIpc) is 3.04. The SMILES string of the molecule is CC(C)(C)c1nc(C(=O)N2CC3CCCNC3C2)n[nH]1. The molecule has 1 amide bonds. The van der Waals surface area contributed by atoms with Gasteiger partial charge in [-0.3, -0.25) is 9.89 Å². The van der Waals surface area contributed by atoms with E-state index in [0.29, 0.717) is 17.8 Å². The summed E-state index contributed by atoms with van der Waals surface area (Å²) >= 11 is 0. The second-order valence-electron chi connectivity index (χ2n) is 6.93. The molecule has 3 heterocycles. The van der Waals surface area contributed by atoms with Crippen LogP contribution in [0.15, 0.2) is 0 Å². The Morgan fingerprint density at radius 3 is 2.80 bits per heavy atom. The van der Waals surface area contributed by atoms with Crippen LogP contribution in [0.25, 0.3) is 0 Å². The topological polar surface area (TPSA) is 73.9 Å². The summed E-state index contributed by atoms with van der Waals surface area (Å²) in [7, 11) is 0. The number of aromatic amines is 1. The van der Waals surface area contributed by atoms with Crippen LogP contribution in [0.3, 0.4) is 0 Å². The highest BCUT2D eigenvalue weighted by Gasteiger charge is 2.37. The van der Waals surface area contributed by atoms with Gasteiger partial charge in [-0.1, -0.05) is 20.8 Å². The molecule has 2 aliphatic rings. The number of H-pyrrole nitrogens is 1. The molecule has 2 unspecified atom stereocenters. The summed E-state index contributed by atoms with van der Waals surface area (Å²) in [5, 5.41) is 10.5. The molecule has 0 bridgehead atoms. The van der Waals surface area contributed by atoms with Gasteiger partial charge in [0.2, 0.25) is 5.82 Å². The molecule has 2 atom stereocenters. The van der Waals surface area contributed by atoms with Crippen molar-refractivity contribution in [2.24, 2.45) is 5.92 Å². The molecule has 2 aliphatic heterocycles. The first-order valence-corrected chi connectivity index (χ1v) is 7.40. The van der Waals surface area contributed by atoms with Crippen LogP contribution < -0.4 is 5.32 Å². The zero-order valence-electron chi connectivity index (χ0n) is 12.4. The number of nitrogens with zero attached hydrogens (tertiary/aromatic N) is 3. The summed E-state index contributed by atoms with van der Waals surface area (Å²) in [4.78, 5) is 18.7. The number of likely N-dealkylation sites (tertiary alicyclic amines) is 1. The Kier molecular flexibility index (Phi) is 3.28. The van der Waals surface area contributed by atoms with Crippen LogP contribution in [-0.2, 0) is 5.41 Å². The number of aromatic nitrogens is 3. The van der Waals surface area contributed by atoms with E-state index in [-0.39, 0.29) is 11.3 Å². The maximum Gasteiger partial charge on any atom is 0.293 e. The van der Waals surface area contributed by atoms with Crippen LogP contribution in [0.5, 0.6) is 0 Å². The van der Waals surface area contributed by atoms with Crippen molar-refractivity contribution in [2.75, 3.05) is 19.6 Å². The Morgan fingerprint density at radius 2 is 2.15 bits per heavy atom. The summed E-state index contributed by atoms with van der Waals surface area (Å²) in [6, 6.07) is 0.453. The molecule has 0 spiro atoms. The van der Waals surface area contributed by atoms with Crippen LogP contribution in [-0.4, -0.2) is 51.7 Å². The second kappa shape index (κ2) is 4.84. The molecule has 0 saturated carbocycles. The van der Waals surface area contributed by atoms with Gasteiger partial charge >= 0.3 is 0 Å². The third-order valence-corrected chi connectivity index (χ3v) is 4.27. The highest BCUT2D eigenvalue weighted by molar-refractivity contribution is 5.90. The largest absolute Gasteiger partial charge is 0.334 e. The molecule has 20 heavy (non-hydrogen) atoms. The number of rotatable bonds is 1. The molecule has 110 valence electrons. The maximum absolute atomic E-state index is 12.5. The molecule has 0 aliphatic carbocycles. The zero-order chi connectivity index (χ0) is 14.3. The molecule has 0 radical (unpaired) electrons. The number of carbonyl (C=O) groups is 1. The molecule has 2 saturated heterocycles. The minimum Gasteiger partial charge on any atom is -0.334 e. The third kappa shape index (κ3) is 2.44. The second-order valence-corrected chi connectivity index (χ2v) is 6.93. The Morgan fingerprint density at radius 1 is 1.35 bits per heavy atom. The first-order chi connectivity index (χ1) is 9.45. The summed E-state index contributed by atoms with van der Waals surface area (Å²) in [5.74, 6) is 1.60. The lowest BCUT2D eigenvalue weighted by Crippen LogP contribution is -2.41. The number of fused-ring (bicyclic) bond motifs is 1. The quantitative estimate of drug-likeness (QED) is 0.801. The Bertz CT molecular complexity index is 490. The summed E-state index contributed by atoms with van der Waals surface area (Å²) in [6.45, 7) is 8.83. The molecule has 6 heteroatoms. The normalized spacial score (nSPS) is 26.6. The van der Waals surface area contributed by atoms with Gasteiger partial charge in [0.25, 0.3) is 5.91 Å². The van der Waals surface area contributed by atoms with E-state index in [9.17, 15) is 4.79 Å². The van der Waals surface area contributed by atoms with Crippen LogP contribution in [0.4, 0.5) is 0 Å². The molecule has 6 nitrogen and oxygen atoms in total. The number of carbonyl (C=O) groups excluding carboxylic acids is 1. The standard InChI is InChI=1S/C14H23N5O/c1-14(2,3)13-16-11(17-18-13)12(20)19-7-9-5-4-6-15-10(9)8-19/h9-10,15H,4-8H2,1-3H3,(H,16,17,18). The van der Waals surface area contributed by atoms with E-state index in [0.717, 1.165) is 25.5 Å². The van der Waals surface area contributed by atoms with Gasteiger partial charge in [-0.2, -0.15) is 0 Å². The van der Waals surface area contributed by atoms with Crippen molar-refractivity contribution < 1.29 is 4.79 Å². The van der Waals surface area contributed by atoms with Crippen molar-refractivity contribution >= 4 is 5.91 Å². The number of piperidine rings is 1. The van der Waals surface area contributed by atoms with E-state index in [1.807, 2.05) is 4.90 Å². The molecule has 2 fully saturated rings. The fraction of sp³-hybridized carbons (Fsp3) is 0.786. The summed E-state index contributed by atoms with van der Waals surface area (Å²) in [6.07, 6.45) is 2.42. The van der Waals surface area contributed by atoms with E-state index in [1.54, 1.807) is 0 Å². The van der Waals surface area contributed by atoms with Gasteiger partial charge in [0.1, 0.15) is 5.82 Å². The third-order valence-electron chi connectivity index (χ3n) is 4.27. The molecular formula is C14H23N5O. The van der Waals surface area contributed by atoms with Crippen LogP contribution in [0, 0.1) is 5.92 Å². The highest BCUT2D eigenvalue weighted by atomic mass is 16.2. The Hall–Kier alpha value is -1.43. The van der Waals surface area contributed by atoms with E-state index in [2.05, 4.69) is 41.3 Å². The minimum absolute atomic E-state index is 0.0482. The first-order valence-electron chi connectivity index (χ1n) is 7.40. The van der Waals surface area contributed by atoms with Crippen molar-refractivity contribution in [2.45, 2.75) is 45.1 Å². The van der Waals surface area contributed by atoms with Crippen molar-refractivity contribution in [3.05, 3.63) is 11.6 Å². The molecular weight excluding hydrogens is 254 g/mol. The van der Waals surface area contributed by atoms with Gasteiger partial charge in [0.15, 0.2) is 0 Å². The van der Waals surface area contributed by atoms with Gasteiger partial charge in [0, 0.05) is 24.5 Å². The number of hydrogen-bond acceptors (Lipinski definition) is 4. The number of hydrogen-bond donors (Lipinski definition) is 2. The van der Waals surface area contributed by atoms with Crippen LogP contribution >= 0.6 is 0 Å². The van der Waals surface area contributed by atoms with Gasteiger partial charge in [-0.25, -0.2) is 4.98 Å². The van der Waals surface area contributed by atoms with Gasteiger partial charge in [-0.05, 0) is 25.3 Å². The predicted molar refractivity (Wildman–Crippen MR) is 75.5 cm³/mol.